The molecule has 1 aliphatic heterocycles. The Morgan fingerprint density at radius 1 is 1.33 bits per heavy atom. The number of fused-ring (bicyclic) bond motifs is 1. The lowest BCUT2D eigenvalue weighted by atomic mass is 9.81. The molecule has 2 rings (SSSR count). The second-order valence-electron chi connectivity index (χ2n) is 6.54. The Morgan fingerprint density at radius 2 is 2.06 bits per heavy atom. The first-order valence-electron chi connectivity index (χ1n) is 6.95. The van der Waals surface area contributed by atoms with E-state index in [1.54, 1.807) is 0 Å². The van der Waals surface area contributed by atoms with Crippen molar-refractivity contribution in [2.45, 2.75) is 52.0 Å². The van der Waals surface area contributed by atoms with Crippen molar-refractivity contribution in [3.05, 3.63) is 29.8 Å². The van der Waals surface area contributed by atoms with E-state index >= 15 is 0 Å². The molecule has 1 aromatic rings. The molecular formula is C16H25NO. The molecule has 1 heterocycles. The molecule has 1 aliphatic rings. The molecule has 2 unspecified atom stereocenters. The van der Waals surface area contributed by atoms with Crippen LogP contribution in [0.4, 0.5) is 0 Å². The summed E-state index contributed by atoms with van der Waals surface area (Å²) in [6, 6.07) is 8.57. The summed E-state index contributed by atoms with van der Waals surface area (Å²) < 4.78 is 5.69. The van der Waals surface area contributed by atoms with Gasteiger partial charge < -0.3 is 10.5 Å². The largest absolute Gasteiger partial charge is 0.493 e. The van der Waals surface area contributed by atoms with E-state index in [2.05, 4.69) is 39.0 Å². The van der Waals surface area contributed by atoms with Gasteiger partial charge >= 0.3 is 0 Å². The molecule has 0 saturated heterocycles. The van der Waals surface area contributed by atoms with Crippen molar-refractivity contribution in [1.82, 2.24) is 0 Å². The molecule has 100 valence electrons. The Labute approximate surface area is 111 Å². The molecule has 0 radical (unpaired) electrons. The summed E-state index contributed by atoms with van der Waals surface area (Å²) in [6.07, 6.45) is 3.30. The quantitative estimate of drug-likeness (QED) is 0.883. The van der Waals surface area contributed by atoms with Crippen LogP contribution in [0.5, 0.6) is 5.75 Å². The second-order valence-corrected chi connectivity index (χ2v) is 6.54. The predicted octanol–water partition coefficient (Wildman–Crippen LogP) is 3.71. The first kappa shape index (κ1) is 13.4. The fourth-order valence-corrected chi connectivity index (χ4v) is 2.62. The van der Waals surface area contributed by atoms with Gasteiger partial charge in [-0.25, -0.2) is 0 Å². The van der Waals surface area contributed by atoms with Crippen molar-refractivity contribution in [1.29, 1.82) is 0 Å². The van der Waals surface area contributed by atoms with E-state index < -0.39 is 0 Å². The highest BCUT2D eigenvalue weighted by molar-refractivity contribution is 5.38. The number of hydrogen-bond acceptors (Lipinski definition) is 2. The molecule has 18 heavy (non-hydrogen) atoms. The molecule has 0 spiro atoms. The predicted molar refractivity (Wildman–Crippen MR) is 76.0 cm³/mol. The van der Waals surface area contributed by atoms with E-state index in [1.807, 2.05) is 6.07 Å². The zero-order chi connectivity index (χ0) is 13.2. The highest BCUT2D eigenvalue weighted by Crippen LogP contribution is 2.36. The average molecular weight is 247 g/mol. The standard InChI is InChI=1S/C16H25NO/c1-16(2,3)10-8-14(17)12-9-11-18-15-7-5-4-6-13(12)15/h4-7,12,14H,8-11,17H2,1-3H3. The van der Waals surface area contributed by atoms with Gasteiger partial charge in [-0.15, -0.1) is 0 Å². The Morgan fingerprint density at radius 3 is 2.78 bits per heavy atom. The van der Waals surface area contributed by atoms with Crippen LogP contribution in [0.25, 0.3) is 0 Å². The number of rotatable bonds is 3. The number of benzene rings is 1. The monoisotopic (exact) mass is 247 g/mol. The fraction of sp³-hybridized carbons (Fsp3) is 0.625. The van der Waals surface area contributed by atoms with Crippen molar-refractivity contribution >= 4 is 0 Å². The van der Waals surface area contributed by atoms with Gasteiger partial charge in [0.05, 0.1) is 6.61 Å². The highest BCUT2D eigenvalue weighted by atomic mass is 16.5. The van der Waals surface area contributed by atoms with Crippen LogP contribution in [0, 0.1) is 5.41 Å². The lowest BCUT2D eigenvalue weighted by Gasteiger charge is -2.31. The van der Waals surface area contributed by atoms with Crippen LogP contribution < -0.4 is 10.5 Å². The van der Waals surface area contributed by atoms with Crippen LogP contribution in [0.3, 0.4) is 0 Å². The molecule has 2 N–H and O–H groups in total. The van der Waals surface area contributed by atoms with Crippen LogP contribution >= 0.6 is 0 Å². The lowest BCUT2D eigenvalue weighted by Crippen LogP contribution is -2.33. The SMILES string of the molecule is CC(C)(C)CCC(N)C1CCOc2ccccc21. The first-order valence-corrected chi connectivity index (χ1v) is 6.95. The third-order valence-corrected chi connectivity index (χ3v) is 3.75. The molecule has 0 aromatic heterocycles. The van der Waals surface area contributed by atoms with Crippen molar-refractivity contribution in [2.75, 3.05) is 6.61 Å². The lowest BCUT2D eigenvalue weighted by molar-refractivity contribution is 0.244. The third-order valence-electron chi connectivity index (χ3n) is 3.75. The minimum Gasteiger partial charge on any atom is -0.493 e. The second kappa shape index (κ2) is 5.31. The first-order chi connectivity index (χ1) is 8.47. The van der Waals surface area contributed by atoms with Crippen LogP contribution in [-0.4, -0.2) is 12.6 Å². The van der Waals surface area contributed by atoms with Gasteiger partial charge in [-0.05, 0) is 36.3 Å². The number of nitrogens with two attached hydrogens (primary N) is 1. The van der Waals surface area contributed by atoms with Crippen molar-refractivity contribution in [3.8, 4) is 5.75 Å². The average Bonchev–Trinajstić information content (AvgIpc) is 2.34. The normalized spacial score (nSPS) is 21.0. The summed E-state index contributed by atoms with van der Waals surface area (Å²) in [4.78, 5) is 0. The molecule has 2 atom stereocenters. The van der Waals surface area contributed by atoms with E-state index in [-0.39, 0.29) is 6.04 Å². The summed E-state index contributed by atoms with van der Waals surface area (Å²) in [5, 5.41) is 0. The molecule has 0 aliphatic carbocycles. The molecule has 0 bridgehead atoms. The summed E-state index contributed by atoms with van der Waals surface area (Å²) in [5.74, 6) is 1.48. The molecule has 2 heteroatoms. The number of para-hydroxylation sites is 1. The third kappa shape index (κ3) is 3.26. The van der Waals surface area contributed by atoms with Gasteiger partial charge in [-0.1, -0.05) is 39.0 Å². The van der Waals surface area contributed by atoms with Crippen LogP contribution in [0.15, 0.2) is 24.3 Å². The van der Waals surface area contributed by atoms with Crippen molar-refractivity contribution in [3.63, 3.8) is 0 Å². The maximum atomic E-state index is 6.41. The fourth-order valence-electron chi connectivity index (χ4n) is 2.62. The minimum absolute atomic E-state index is 0.245. The maximum absolute atomic E-state index is 6.41. The van der Waals surface area contributed by atoms with E-state index in [0.717, 1.165) is 25.2 Å². The summed E-state index contributed by atoms with van der Waals surface area (Å²) in [7, 11) is 0. The van der Waals surface area contributed by atoms with Crippen molar-refractivity contribution in [2.24, 2.45) is 11.1 Å². The zero-order valence-electron chi connectivity index (χ0n) is 11.8. The Balaban J connectivity index is 2.06. The van der Waals surface area contributed by atoms with Gasteiger partial charge in [0.1, 0.15) is 5.75 Å². The molecule has 0 fully saturated rings. The highest BCUT2D eigenvalue weighted by Gasteiger charge is 2.27. The molecular weight excluding hydrogens is 222 g/mol. The van der Waals surface area contributed by atoms with Crippen molar-refractivity contribution < 1.29 is 4.74 Å². The smallest absolute Gasteiger partial charge is 0.122 e. The van der Waals surface area contributed by atoms with Gasteiger partial charge in [0.15, 0.2) is 0 Å². The van der Waals surface area contributed by atoms with Gasteiger partial charge in [-0.2, -0.15) is 0 Å². The van der Waals surface area contributed by atoms with E-state index in [0.29, 0.717) is 11.3 Å². The number of ether oxygens (including phenoxy) is 1. The Hall–Kier alpha value is -1.02. The minimum atomic E-state index is 0.245. The Bertz CT molecular complexity index is 394. The summed E-state index contributed by atoms with van der Waals surface area (Å²) in [6.45, 7) is 7.62. The van der Waals surface area contributed by atoms with Crippen LogP contribution in [-0.2, 0) is 0 Å². The topological polar surface area (TPSA) is 35.2 Å². The van der Waals surface area contributed by atoms with Gasteiger partial charge in [0, 0.05) is 12.0 Å². The van der Waals surface area contributed by atoms with E-state index in [4.69, 9.17) is 10.5 Å². The van der Waals surface area contributed by atoms with E-state index in [1.165, 1.54) is 12.0 Å². The van der Waals surface area contributed by atoms with E-state index in [9.17, 15) is 0 Å². The van der Waals surface area contributed by atoms with Gasteiger partial charge in [0.25, 0.3) is 0 Å². The zero-order valence-corrected chi connectivity index (χ0v) is 11.8. The van der Waals surface area contributed by atoms with Gasteiger partial charge in [-0.3, -0.25) is 0 Å². The van der Waals surface area contributed by atoms with Crippen LogP contribution in [0.1, 0.15) is 51.5 Å². The van der Waals surface area contributed by atoms with Gasteiger partial charge in [0.2, 0.25) is 0 Å². The Kier molecular flexibility index (Phi) is 3.96. The molecule has 0 saturated carbocycles. The summed E-state index contributed by atoms with van der Waals surface area (Å²) in [5.41, 5.74) is 8.07. The van der Waals surface area contributed by atoms with Crippen LogP contribution in [0.2, 0.25) is 0 Å². The molecule has 1 aromatic carbocycles. The summed E-state index contributed by atoms with van der Waals surface area (Å²) >= 11 is 0. The molecule has 0 amide bonds. The molecule has 2 nitrogen and oxygen atoms in total. The maximum Gasteiger partial charge on any atom is 0.122 e. The number of hydrogen-bond donors (Lipinski definition) is 1.